The molecule has 0 N–H and O–H groups in total. The number of hydrogen-bond donors (Lipinski definition) is 0. The fourth-order valence-electron chi connectivity index (χ4n) is 4.58. The van der Waals surface area contributed by atoms with E-state index in [4.69, 9.17) is 0 Å². The number of sulfonamides is 1. The van der Waals surface area contributed by atoms with Crippen molar-refractivity contribution >= 4 is 38.2 Å². The van der Waals surface area contributed by atoms with Crippen LogP contribution in [0.2, 0.25) is 0 Å². The molecule has 0 atom stereocenters. The van der Waals surface area contributed by atoms with Crippen LogP contribution in [0.25, 0.3) is 10.8 Å². The molecule has 0 bridgehead atoms. The molecule has 7 heteroatoms. The lowest BCUT2D eigenvalue weighted by Crippen LogP contribution is -2.45. The Labute approximate surface area is 181 Å². The molecule has 1 amide bonds. The van der Waals surface area contributed by atoms with Crippen LogP contribution in [0.1, 0.15) is 23.2 Å². The highest BCUT2D eigenvalue weighted by molar-refractivity contribution is 7.93. The van der Waals surface area contributed by atoms with E-state index in [1.807, 2.05) is 42.5 Å². The third-order valence-electron chi connectivity index (χ3n) is 6.24. The van der Waals surface area contributed by atoms with E-state index in [1.54, 1.807) is 29.2 Å². The molecule has 1 fully saturated rings. The summed E-state index contributed by atoms with van der Waals surface area (Å²) in [6.07, 6.45) is 1.17. The number of Topliss-reactive ketones (excluding diaryl/α,β-unsaturated/α-hetero) is 1. The molecule has 0 saturated carbocycles. The van der Waals surface area contributed by atoms with Crippen LogP contribution in [-0.4, -0.2) is 44.6 Å². The fourth-order valence-corrected chi connectivity index (χ4v) is 6.24. The number of anilines is 1. The van der Waals surface area contributed by atoms with E-state index in [2.05, 4.69) is 0 Å². The minimum Gasteiger partial charge on any atom is -0.341 e. The smallest absolute Gasteiger partial charge is 0.265 e. The summed E-state index contributed by atoms with van der Waals surface area (Å²) in [5.74, 6) is -0.240. The van der Waals surface area contributed by atoms with Crippen LogP contribution in [0, 0.1) is 5.92 Å². The van der Waals surface area contributed by atoms with Crippen LogP contribution >= 0.6 is 0 Å². The van der Waals surface area contributed by atoms with E-state index in [-0.39, 0.29) is 29.0 Å². The van der Waals surface area contributed by atoms with E-state index in [0.717, 1.165) is 5.39 Å². The Morgan fingerprint density at radius 2 is 1.55 bits per heavy atom. The Morgan fingerprint density at radius 1 is 0.871 bits per heavy atom. The number of carbonyl (C=O) groups is 2. The Morgan fingerprint density at radius 3 is 2.26 bits per heavy atom. The summed E-state index contributed by atoms with van der Waals surface area (Å²) in [6, 6.07) is 19.8. The normalized spacial score (nSPS) is 17.8. The van der Waals surface area contributed by atoms with Crippen molar-refractivity contribution in [3.63, 3.8) is 0 Å². The van der Waals surface area contributed by atoms with Gasteiger partial charge in [0.1, 0.15) is 6.54 Å². The molecule has 5 rings (SSSR count). The van der Waals surface area contributed by atoms with Gasteiger partial charge in [-0.3, -0.25) is 13.9 Å². The first kappa shape index (κ1) is 19.8. The van der Waals surface area contributed by atoms with Crippen molar-refractivity contribution in [2.75, 3.05) is 23.9 Å². The quantitative estimate of drug-likeness (QED) is 0.590. The summed E-state index contributed by atoms with van der Waals surface area (Å²) in [5, 5.41) is 1.51. The van der Waals surface area contributed by atoms with Crippen LogP contribution < -0.4 is 4.31 Å². The molecule has 0 unspecified atom stereocenters. The van der Waals surface area contributed by atoms with Crippen LogP contribution in [0.5, 0.6) is 0 Å². The predicted octanol–water partition coefficient (Wildman–Crippen LogP) is 3.47. The molecule has 158 valence electrons. The number of benzene rings is 3. The molecule has 0 spiro atoms. The molecular formula is C24H22N2O4S. The minimum absolute atomic E-state index is 0.108. The Bertz CT molecular complexity index is 1270. The lowest BCUT2D eigenvalue weighted by Gasteiger charge is -2.32. The van der Waals surface area contributed by atoms with E-state index in [0.29, 0.717) is 42.6 Å². The number of likely N-dealkylation sites (tertiary alicyclic amines) is 1. The molecule has 0 aromatic heterocycles. The van der Waals surface area contributed by atoms with Gasteiger partial charge in [-0.05, 0) is 30.4 Å². The second-order valence-corrected chi connectivity index (χ2v) is 9.86. The number of hydrogen-bond acceptors (Lipinski definition) is 4. The first-order valence-corrected chi connectivity index (χ1v) is 11.8. The number of nitrogens with zero attached hydrogens (tertiary/aromatic N) is 2. The molecule has 1 saturated heterocycles. The van der Waals surface area contributed by atoms with Gasteiger partial charge in [0.05, 0.1) is 10.6 Å². The van der Waals surface area contributed by atoms with Crippen molar-refractivity contribution < 1.29 is 18.0 Å². The average molecular weight is 435 g/mol. The second kappa shape index (κ2) is 7.50. The summed E-state index contributed by atoms with van der Waals surface area (Å²) in [7, 11) is -3.76. The summed E-state index contributed by atoms with van der Waals surface area (Å²) < 4.78 is 27.4. The zero-order valence-corrected chi connectivity index (χ0v) is 17.7. The van der Waals surface area contributed by atoms with Crippen molar-refractivity contribution in [3.05, 3.63) is 72.3 Å². The number of piperidine rings is 1. The zero-order chi connectivity index (χ0) is 21.6. The second-order valence-electron chi connectivity index (χ2n) is 8.03. The van der Waals surface area contributed by atoms with Crippen molar-refractivity contribution in [1.29, 1.82) is 0 Å². The van der Waals surface area contributed by atoms with E-state index in [9.17, 15) is 18.0 Å². The van der Waals surface area contributed by atoms with Crippen molar-refractivity contribution in [2.45, 2.75) is 17.7 Å². The number of rotatable bonds is 4. The summed E-state index contributed by atoms with van der Waals surface area (Å²) in [4.78, 5) is 27.6. The van der Waals surface area contributed by atoms with Gasteiger partial charge >= 0.3 is 0 Å². The van der Waals surface area contributed by atoms with Crippen LogP contribution in [0.3, 0.4) is 0 Å². The van der Waals surface area contributed by atoms with E-state index >= 15 is 0 Å². The lowest BCUT2D eigenvalue weighted by atomic mass is 9.89. The van der Waals surface area contributed by atoms with Crippen LogP contribution in [0.4, 0.5) is 5.69 Å². The van der Waals surface area contributed by atoms with Crippen molar-refractivity contribution in [2.24, 2.45) is 5.92 Å². The monoisotopic (exact) mass is 434 g/mol. The van der Waals surface area contributed by atoms with Crippen LogP contribution in [0.15, 0.2) is 71.6 Å². The molecule has 0 aliphatic carbocycles. The van der Waals surface area contributed by atoms with Gasteiger partial charge < -0.3 is 4.90 Å². The van der Waals surface area contributed by atoms with Gasteiger partial charge in [-0.25, -0.2) is 8.42 Å². The molecule has 0 radical (unpaired) electrons. The Balaban J connectivity index is 1.30. The first-order chi connectivity index (χ1) is 15.0. The van der Waals surface area contributed by atoms with Gasteiger partial charge in [0.25, 0.3) is 10.0 Å². The molecule has 3 aromatic carbocycles. The number of carbonyl (C=O) groups excluding carboxylic acids is 2. The molecule has 2 heterocycles. The number of amides is 1. The predicted molar refractivity (Wildman–Crippen MR) is 119 cm³/mol. The standard InChI is InChI=1S/C24H22N2O4S/c27-22(25-14-12-19(13-15-25)24(28)18-6-2-1-3-7-18)16-26-20-10-4-8-17-9-5-11-21(23(17)20)31(26,29)30/h1-11,19H,12-16H2. The highest BCUT2D eigenvalue weighted by Gasteiger charge is 2.38. The average Bonchev–Trinajstić information content (AvgIpc) is 3.02. The SMILES string of the molecule is O=C(c1ccccc1)C1CCN(C(=O)CN2c3cccc4cccc(c34)S2(=O)=O)CC1. The lowest BCUT2D eigenvalue weighted by molar-refractivity contribution is -0.130. The highest BCUT2D eigenvalue weighted by Crippen LogP contribution is 2.41. The van der Waals surface area contributed by atoms with Gasteiger partial charge in [0.15, 0.2) is 5.78 Å². The largest absolute Gasteiger partial charge is 0.341 e. The first-order valence-electron chi connectivity index (χ1n) is 10.4. The molecule has 2 aliphatic heterocycles. The van der Waals surface area contributed by atoms with Crippen molar-refractivity contribution in [1.82, 2.24) is 4.90 Å². The van der Waals surface area contributed by atoms with Gasteiger partial charge in [-0.1, -0.05) is 54.6 Å². The highest BCUT2D eigenvalue weighted by atomic mass is 32.2. The number of ketones is 1. The summed E-state index contributed by atoms with van der Waals surface area (Å²) in [6.45, 7) is 0.674. The van der Waals surface area contributed by atoms with E-state index in [1.165, 1.54) is 4.31 Å². The van der Waals surface area contributed by atoms with Gasteiger partial charge in [0.2, 0.25) is 5.91 Å². The van der Waals surface area contributed by atoms with Gasteiger partial charge in [0, 0.05) is 30.0 Å². The third kappa shape index (κ3) is 3.29. The third-order valence-corrected chi connectivity index (χ3v) is 8.04. The van der Waals surface area contributed by atoms with E-state index < -0.39 is 10.0 Å². The van der Waals surface area contributed by atoms with Gasteiger partial charge in [-0.2, -0.15) is 0 Å². The molecule has 6 nitrogen and oxygen atoms in total. The molecular weight excluding hydrogens is 412 g/mol. The van der Waals surface area contributed by atoms with Gasteiger partial charge in [-0.15, -0.1) is 0 Å². The summed E-state index contributed by atoms with van der Waals surface area (Å²) >= 11 is 0. The Hall–Kier alpha value is -3.19. The zero-order valence-electron chi connectivity index (χ0n) is 16.9. The minimum atomic E-state index is -3.76. The fraction of sp³-hybridized carbons (Fsp3) is 0.250. The molecule has 31 heavy (non-hydrogen) atoms. The Kier molecular flexibility index (Phi) is 4.78. The maximum Gasteiger partial charge on any atom is 0.265 e. The molecule has 2 aliphatic rings. The van der Waals surface area contributed by atoms with Crippen LogP contribution in [-0.2, 0) is 14.8 Å². The van der Waals surface area contributed by atoms with Crippen molar-refractivity contribution in [3.8, 4) is 0 Å². The molecule has 3 aromatic rings. The topological polar surface area (TPSA) is 74.8 Å². The summed E-state index contributed by atoms with van der Waals surface area (Å²) in [5.41, 5.74) is 1.25. The maximum atomic E-state index is 13.1. The maximum absolute atomic E-state index is 13.1.